The number of carbonyl (C=O) groups excluding carboxylic acids is 3. The second kappa shape index (κ2) is 8.01. The van der Waals surface area contributed by atoms with Gasteiger partial charge in [-0.1, -0.05) is 6.08 Å². The summed E-state index contributed by atoms with van der Waals surface area (Å²) in [5.74, 6) is -3.37. The number of nitrogens with zero attached hydrogens (tertiary/aromatic N) is 2. The van der Waals surface area contributed by atoms with Gasteiger partial charge in [-0.25, -0.2) is 14.8 Å². The molecule has 2 aliphatic heterocycles. The van der Waals surface area contributed by atoms with Crippen LogP contribution >= 0.6 is 0 Å². The molecule has 154 valence electrons. The van der Waals surface area contributed by atoms with Crippen LogP contribution in [-0.4, -0.2) is 70.4 Å². The lowest BCUT2D eigenvalue weighted by molar-refractivity contribution is -0.141. The van der Waals surface area contributed by atoms with Crippen LogP contribution in [0.3, 0.4) is 0 Å². The summed E-state index contributed by atoms with van der Waals surface area (Å²) in [5, 5.41) is 14.8. The van der Waals surface area contributed by atoms with Crippen LogP contribution < -0.4 is 5.32 Å². The first-order valence-electron chi connectivity index (χ1n) is 8.73. The van der Waals surface area contributed by atoms with Gasteiger partial charge in [0.2, 0.25) is 0 Å². The fraction of sp³-hybridized carbons (Fsp3) is 0.556. The van der Waals surface area contributed by atoms with Crippen molar-refractivity contribution < 1.29 is 33.8 Å². The highest BCUT2D eigenvalue weighted by atomic mass is 16.6. The van der Waals surface area contributed by atoms with Gasteiger partial charge in [0.15, 0.2) is 0 Å². The van der Waals surface area contributed by atoms with E-state index in [9.17, 15) is 24.3 Å². The zero-order valence-corrected chi connectivity index (χ0v) is 16.4. The Balaban J connectivity index is 2.25. The van der Waals surface area contributed by atoms with Crippen LogP contribution in [0.4, 0.5) is 4.79 Å². The predicted octanol–water partition coefficient (Wildman–Crippen LogP) is 0.656. The molecule has 2 rings (SSSR count). The van der Waals surface area contributed by atoms with Crippen molar-refractivity contribution in [3.8, 4) is 0 Å². The third-order valence-electron chi connectivity index (χ3n) is 4.08. The molecule has 0 saturated carbocycles. The number of fused-ring (bicyclic) bond motifs is 1. The Morgan fingerprint density at radius 1 is 1.39 bits per heavy atom. The molecule has 1 saturated heterocycles. The fourth-order valence-corrected chi connectivity index (χ4v) is 3.06. The van der Waals surface area contributed by atoms with Gasteiger partial charge in [-0.2, -0.15) is 0 Å². The molecule has 0 aromatic carbocycles. The molecule has 10 nitrogen and oxygen atoms in total. The van der Waals surface area contributed by atoms with Gasteiger partial charge in [-0.15, -0.1) is 6.58 Å². The number of hydrogen-bond acceptors (Lipinski definition) is 7. The second-order valence-corrected chi connectivity index (χ2v) is 7.52. The minimum Gasteiger partial charge on any atom is -0.481 e. The first-order chi connectivity index (χ1) is 12.9. The number of aliphatic carboxylic acids is 1. The summed E-state index contributed by atoms with van der Waals surface area (Å²) in [7, 11) is 0. The maximum absolute atomic E-state index is 12.9. The Morgan fingerprint density at radius 3 is 2.54 bits per heavy atom. The Bertz CT molecular complexity index is 738. The van der Waals surface area contributed by atoms with Crippen LogP contribution in [-0.2, 0) is 23.9 Å². The fourth-order valence-electron chi connectivity index (χ4n) is 3.06. The van der Waals surface area contributed by atoms with Crippen molar-refractivity contribution in [3.63, 3.8) is 0 Å². The van der Waals surface area contributed by atoms with Crippen molar-refractivity contribution in [1.82, 2.24) is 15.3 Å². The Labute approximate surface area is 162 Å². The van der Waals surface area contributed by atoms with E-state index in [1.165, 1.54) is 18.0 Å². The zero-order chi connectivity index (χ0) is 21.2. The van der Waals surface area contributed by atoms with Crippen LogP contribution in [0, 0.1) is 5.92 Å². The number of ether oxygens (including phenoxy) is 2. The van der Waals surface area contributed by atoms with E-state index in [4.69, 9.17) is 9.47 Å². The van der Waals surface area contributed by atoms with E-state index in [-0.39, 0.29) is 25.4 Å². The standard InChI is InChI=1S/C18H25N3O7/c1-6-12(16(24)25)14-11(9-27-10(2)22)7-20-8-13(15(23)21(14)20)19-17(26)28-18(3,4)5/h6,12-13H,1,7-9H2,2-5H3,(H,19,26)(H,24,25)/t12?,13-/m0/s1. The van der Waals surface area contributed by atoms with E-state index in [1.54, 1.807) is 25.8 Å². The number of hydrazine groups is 1. The van der Waals surface area contributed by atoms with Crippen LogP contribution in [0.5, 0.6) is 0 Å². The van der Waals surface area contributed by atoms with Gasteiger partial charge in [0, 0.05) is 25.6 Å². The summed E-state index contributed by atoms with van der Waals surface area (Å²) in [6, 6.07) is -0.889. The van der Waals surface area contributed by atoms with E-state index in [0.29, 0.717) is 5.57 Å². The summed E-state index contributed by atoms with van der Waals surface area (Å²) in [6.07, 6.45) is 0.467. The molecular formula is C18H25N3O7. The Kier molecular flexibility index (Phi) is 6.13. The van der Waals surface area contributed by atoms with E-state index < -0.39 is 41.5 Å². The molecule has 28 heavy (non-hydrogen) atoms. The highest BCUT2D eigenvalue weighted by Gasteiger charge is 2.48. The van der Waals surface area contributed by atoms with E-state index in [2.05, 4.69) is 11.9 Å². The van der Waals surface area contributed by atoms with Crippen molar-refractivity contribution in [2.45, 2.75) is 39.3 Å². The molecule has 2 amide bonds. The summed E-state index contributed by atoms with van der Waals surface area (Å²) in [4.78, 5) is 47.7. The average Bonchev–Trinajstić information content (AvgIpc) is 3.02. The number of carbonyl (C=O) groups is 4. The number of hydrogen-bond donors (Lipinski definition) is 2. The SMILES string of the molecule is C=CC(C(=O)O)C1=C(COC(C)=O)CN2C[C@H](NC(=O)OC(C)(C)C)C(=O)N12. The number of carboxylic acids is 1. The lowest BCUT2D eigenvalue weighted by atomic mass is 10.0. The maximum atomic E-state index is 12.9. The number of rotatable bonds is 6. The first kappa shape index (κ1) is 21.4. The van der Waals surface area contributed by atoms with E-state index in [0.717, 1.165) is 0 Å². The van der Waals surface area contributed by atoms with Gasteiger partial charge in [-0.05, 0) is 20.8 Å². The molecule has 2 aliphatic rings. The monoisotopic (exact) mass is 395 g/mol. The predicted molar refractivity (Wildman–Crippen MR) is 96.6 cm³/mol. The molecule has 1 fully saturated rings. The lowest BCUT2D eigenvalue weighted by Crippen LogP contribution is -2.45. The van der Waals surface area contributed by atoms with Crippen molar-refractivity contribution in [2.75, 3.05) is 19.7 Å². The molecule has 1 unspecified atom stereocenters. The molecule has 0 radical (unpaired) electrons. The Morgan fingerprint density at radius 2 is 2.04 bits per heavy atom. The number of amides is 2. The van der Waals surface area contributed by atoms with Gasteiger partial charge in [0.05, 0.1) is 5.70 Å². The summed E-state index contributed by atoms with van der Waals surface area (Å²) < 4.78 is 10.2. The molecule has 0 aliphatic carbocycles. The molecule has 10 heteroatoms. The van der Waals surface area contributed by atoms with Crippen LogP contribution in [0.2, 0.25) is 0 Å². The molecule has 0 bridgehead atoms. The quantitative estimate of drug-likeness (QED) is 0.496. The molecule has 2 heterocycles. The van der Waals surface area contributed by atoms with Gasteiger partial charge in [0.25, 0.3) is 5.91 Å². The minimum absolute atomic E-state index is 0.132. The van der Waals surface area contributed by atoms with Gasteiger partial charge in [0.1, 0.15) is 24.2 Å². The summed E-state index contributed by atoms with van der Waals surface area (Å²) in [5.41, 5.74) is -0.0457. The highest BCUT2D eigenvalue weighted by Crippen LogP contribution is 2.34. The van der Waals surface area contributed by atoms with Gasteiger partial charge < -0.3 is 19.9 Å². The zero-order valence-electron chi connectivity index (χ0n) is 16.4. The molecule has 0 aromatic heterocycles. The maximum Gasteiger partial charge on any atom is 0.408 e. The minimum atomic E-state index is -1.19. The average molecular weight is 395 g/mol. The highest BCUT2D eigenvalue weighted by molar-refractivity contribution is 5.90. The molecule has 2 N–H and O–H groups in total. The number of nitrogens with one attached hydrogen (secondary N) is 1. The molecule has 2 atom stereocenters. The number of alkyl carbamates (subject to hydrolysis) is 1. The molecule has 0 aromatic rings. The smallest absolute Gasteiger partial charge is 0.408 e. The van der Waals surface area contributed by atoms with E-state index >= 15 is 0 Å². The van der Waals surface area contributed by atoms with Crippen molar-refractivity contribution in [3.05, 3.63) is 23.9 Å². The number of carboxylic acid groups (broad SMARTS) is 1. The third kappa shape index (κ3) is 4.69. The third-order valence-corrected chi connectivity index (χ3v) is 4.08. The van der Waals surface area contributed by atoms with Crippen LogP contribution in [0.25, 0.3) is 0 Å². The topological polar surface area (TPSA) is 125 Å². The van der Waals surface area contributed by atoms with E-state index in [1.807, 2.05) is 0 Å². The van der Waals surface area contributed by atoms with Crippen LogP contribution in [0.15, 0.2) is 23.9 Å². The molecule has 0 spiro atoms. The van der Waals surface area contributed by atoms with Crippen LogP contribution in [0.1, 0.15) is 27.7 Å². The van der Waals surface area contributed by atoms with Crippen molar-refractivity contribution in [2.24, 2.45) is 5.92 Å². The van der Waals surface area contributed by atoms with Gasteiger partial charge >= 0.3 is 18.0 Å². The first-order valence-corrected chi connectivity index (χ1v) is 8.73. The summed E-state index contributed by atoms with van der Waals surface area (Å²) >= 11 is 0. The normalized spacial score (nSPS) is 20.6. The summed E-state index contributed by atoms with van der Waals surface area (Å²) in [6.45, 7) is 10.1. The Hall–Kier alpha value is -2.88. The molecular weight excluding hydrogens is 370 g/mol. The second-order valence-electron chi connectivity index (χ2n) is 7.52. The largest absolute Gasteiger partial charge is 0.481 e. The lowest BCUT2D eigenvalue weighted by Gasteiger charge is -2.24. The van der Waals surface area contributed by atoms with Crippen molar-refractivity contribution >= 4 is 23.9 Å². The number of esters is 1. The van der Waals surface area contributed by atoms with Gasteiger partial charge in [-0.3, -0.25) is 14.4 Å². The van der Waals surface area contributed by atoms with Crippen molar-refractivity contribution in [1.29, 1.82) is 0 Å².